The third kappa shape index (κ3) is 5.95. The number of thiophene rings is 1. The monoisotopic (exact) mass is 615 g/mol. The Kier molecular flexibility index (Phi) is 8.04. The van der Waals surface area contributed by atoms with Gasteiger partial charge in [-0.25, -0.2) is 8.42 Å². The van der Waals surface area contributed by atoms with Crippen LogP contribution in [0.2, 0.25) is 10.0 Å². The van der Waals surface area contributed by atoms with Gasteiger partial charge in [0.05, 0.1) is 26.7 Å². The van der Waals surface area contributed by atoms with Crippen molar-refractivity contribution in [3.63, 3.8) is 0 Å². The van der Waals surface area contributed by atoms with Crippen LogP contribution in [0.4, 0.5) is 10.7 Å². The summed E-state index contributed by atoms with van der Waals surface area (Å²) in [5, 5.41) is 3.74. The largest absolute Gasteiger partial charge is 0.456 e. The number of hydrogen-bond acceptors (Lipinski definition) is 6. The van der Waals surface area contributed by atoms with E-state index in [0.29, 0.717) is 33.5 Å². The number of carbonyl (C=O) groups is 2. The smallest absolute Gasteiger partial charge is 0.261 e. The average molecular weight is 617 g/mol. The molecule has 0 saturated heterocycles. The lowest BCUT2D eigenvalue weighted by Crippen LogP contribution is -2.20. The predicted octanol–water partition coefficient (Wildman–Crippen LogP) is 6.88. The molecule has 2 amide bonds. The summed E-state index contributed by atoms with van der Waals surface area (Å²) in [6.07, 6.45) is 3.45. The van der Waals surface area contributed by atoms with Crippen LogP contribution in [0.15, 0.2) is 71.6 Å². The van der Waals surface area contributed by atoms with Gasteiger partial charge in [0.2, 0.25) is 0 Å². The van der Waals surface area contributed by atoms with Crippen LogP contribution in [0.5, 0.6) is 11.5 Å². The van der Waals surface area contributed by atoms with Crippen molar-refractivity contribution in [3.05, 3.63) is 98.3 Å². The molecule has 4 N–H and O–H groups in total. The lowest BCUT2D eigenvalue weighted by Gasteiger charge is -2.14. The number of carbonyl (C=O) groups excluding carboxylic acids is 2. The van der Waals surface area contributed by atoms with Crippen LogP contribution in [0.3, 0.4) is 0 Å². The fraction of sp³-hybridized carbons (Fsp3) is 0.143. The summed E-state index contributed by atoms with van der Waals surface area (Å²) in [5.74, 6) is -0.434. The Morgan fingerprint density at radius 2 is 1.68 bits per heavy atom. The summed E-state index contributed by atoms with van der Waals surface area (Å²) in [6.45, 7) is 0. The van der Waals surface area contributed by atoms with E-state index in [1.165, 1.54) is 53.8 Å². The van der Waals surface area contributed by atoms with Crippen molar-refractivity contribution in [3.8, 4) is 11.5 Å². The van der Waals surface area contributed by atoms with Gasteiger partial charge in [-0.3, -0.25) is 14.3 Å². The predicted molar refractivity (Wildman–Crippen MR) is 158 cm³/mol. The minimum absolute atomic E-state index is 0.0141. The van der Waals surface area contributed by atoms with Gasteiger partial charge in [-0.1, -0.05) is 35.3 Å². The zero-order valence-electron chi connectivity index (χ0n) is 20.9. The van der Waals surface area contributed by atoms with E-state index in [0.717, 1.165) is 29.7 Å². The SMILES string of the molecule is NC(=O)c1c(NC(=O)c2cc(Cl)ccc2NS(=O)(=O)c2ccc(Oc3ccccc3Cl)cc2)sc2c1CCCC2. The van der Waals surface area contributed by atoms with E-state index in [4.69, 9.17) is 33.7 Å². The Labute approximate surface area is 245 Å². The van der Waals surface area contributed by atoms with Crippen LogP contribution in [-0.4, -0.2) is 20.2 Å². The van der Waals surface area contributed by atoms with Crippen LogP contribution in [-0.2, 0) is 22.9 Å². The summed E-state index contributed by atoms with van der Waals surface area (Å²) in [7, 11) is -4.10. The van der Waals surface area contributed by atoms with Gasteiger partial charge in [0.15, 0.2) is 0 Å². The van der Waals surface area contributed by atoms with Crippen molar-refractivity contribution in [2.75, 3.05) is 10.0 Å². The number of benzene rings is 3. The van der Waals surface area contributed by atoms with Crippen molar-refractivity contribution in [1.82, 2.24) is 0 Å². The molecule has 0 saturated carbocycles. The van der Waals surface area contributed by atoms with Gasteiger partial charge >= 0.3 is 0 Å². The molecule has 40 heavy (non-hydrogen) atoms. The molecule has 0 radical (unpaired) electrons. The third-order valence-electron chi connectivity index (χ3n) is 6.31. The number of anilines is 2. The molecule has 4 aromatic rings. The topological polar surface area (TPSA) is 128 Å². The molecule has 206 valence electrons. The number of sulfonamides is 1. The summed E-state index contributed by atoms with van der Waals surface area (Å²) in [6, 6.07) is 16.9. The van der Waals surface area contributed by atoms with Crippen molar-refractivity contribution in [2.24, 2.45) is 5.73 Å². The molecule has 0 atom stereocenters. The maximum Gasteiger partial charge on any atom is 0.261 e. The lowest BCUT2D eigenvalue weighted by atomic mass is 9.95. The van der Waals surface area contributed by atoms with Crippen molar-refractivity contribution < 1.29 is 22.7 Å². The van der Waals surface area contributed by atoms with E-state index in [1.807, 2.05) is 0 Å². The van der Waals surface area contributed by atoms with Gasteiger partial charge in [-0.15, -0.1) is 11.3 Å². The molecule has 0 spiro atoms. The molecule has 3 aromatic carbocycles. The molecule has 1 heterocycles. The van der Waals surface area contributed by atoms with Crippen molar-refractivity contribution in [1.29, 1.82) is 0 Å². The number of nitrogens with two attached hydrogens (primary N) is 1. The quantitative estimate of drug-likeness (QED) is 0.199. The molecular formula is C28H23Cl2N3O5S2. The number of halogens is 2. The van der Waals surface area contributed by atoms with Crippen molar-refractivity contribution in [2.45, 2.75) is 30.6 Å². The fourth-order valence-corrected chi connectivity index (χ4v) is 7.14. The van der Waals surface area contributed by atoms with Gasteiger partial charge < -0.3 is 15.8 Å². The summed E-state index contributed by atoms with van der Waals surface area (Å²) in [5.41, 5.74) is 6.82. The highest BCUT2D eigenvalue weighted by Gasteiger charge is 2.26. The van der Waals surface area contributed by atoms with Crippen LogP contribution in [0.1, 0.15) is 44.0 Å². The van der Waals surface area contributed by atoms with Crippen LogP contribution >= 0.6 is 34.5 Å². The molecule has 1 aromatic heterocycles. The number of nitrogens with one attached hydrogen (secondary N) is 2. The number of fused-ring (bicyclic) bond motifs is 1. The first-order chi connectivity index (χ1) is 19.1. The zero-order chi connectivity index (χ0) is 28.4. The highest BCUT2D eigenvalue weighted by molar-refractivity contribution is 7.92. The Morgan fingerprint density at radius 3 is 2.40 bits per heavy atom. The number of amides is 2. The number of aryl methyl sites for hydroxylation is 1. The zero-order valence-corrected chi connectivity index (χ0v) is 24.0. The van der Waals surface area contributed by atoms with Gasteiger partial charge in [0, 0.05) is 9.90 Å². The van der Waals surface area contributed by atoms with Crippen LogP contribution < -0.4 is 20.5 Å². The molecule has 12 heteroatoms. The van der Waals surface area contributed by atoms with Gasteiger partial charge in [-0.05, 0) is 85.8 Å². The number of primary amides is 1. The van der Waals surface area contributed by atoms with E-state index < -0.39 is 21.8 Å². The number of rotatable bonds is 8. The minimum atomic E-state index is -4.10. The summed E-state index contributed by atoms with van der Waals surface area (Å²) in [4.78, 5) is 26.6. The molecule has 0 fully saturated rings. The van der Waals surface area contributed by atoms with Crippen molar-refractivity contribution >= 4 is 67.1 Å². The second-order valence-corrected chi connectivity index (χ2v) is 12.7. The maximum atomic E-state index is 13.4. The molecular weight excluding hydrogens is 593 g/mol. The summed E-state index contributed by atoms with van der Waals surface area (Å²) >= 11 is 13.6. The molecule has 1 aliphatic rings. The van der Waals surface area contributed by atoms with E-state index >= 15 is 0 Å². The minimum Gasteiger partial charge on any atom is -0.456 e. The molecule has 5 rings (SSSR count). The Balaban J connectivity index is 1.38. The van der Waals surface area contributed by atoms with E-state index in [9.17, 15) is 18.0 Å². The van der Waals surface area contributed by atoms with Crippen LogP contribution in [0, 0.1) is 0 Å². The maximum absolute atomic E-state index is 13.4. The molecule has 0 bridgehead atoms. The van der Waals surface area contributed by atoms with E-state index in [-0.39, 0.29) is 21.2 Å². The number of hydrogen-bond donors (Lipinski definition) is 3. The highest BCUT2D eigenvalue weighted by atomic mass is 35.5. The normalized spacial score (nSPS) is 12.8. The summed E-state index contributed by atoms with van der Waals surface area (Å²) < 4.78 is 34.6. The second-order valence-electron chi connectivity index (χ2n) is 9.03. The van der Waals surface area contributed by atoms with E-state index in [1.54, 1.807) is 24.3 Å². The Bertz CT molecular complexity index is 1720. The molecule has 0 aliphatic heterocycles. The van der Waals surface area contributed by atoms with Gasteiger partial charge in [0.1, 0.15) is 16.5 Å². The molecule has 1 aliphatic carbocycles. The third-order valence-corrected chi connectivity index (χ3v) is 9.45. The first kappa shape index (κ1) is 28.0. The van der Waals surface area contributed by atoms with Gasteiger partial charge in [-0.2, -0.15) is 0 Å². The Hall–Kier alpha value is -3.57. The first-order valence-corrected chi connectivity index (χ1v) is 15.3. The number of para-hydroxylation sites is 1. The standard InChI is InChI=1S/C28H23Cl2N3O5S2/c29-16-9-14-22(20(15-16)27(35)32-28-25(26(31)34)19-5-1-4-8-24(19)39-28)33-40(36,37)18-12-10-17(11-13-18)38-23-7-3-2-6-21(23)30/h2-3,6-7,9-15,33H,1,4-5,8H2,(H2,31,34)(H,32,35). The highest BCUT2D eigenvalue weighted by Crippen LogP contribution is 2.38. The second kappa shape index (κ2) is 11.5. The average Bonchev–Trinajstić information content (AvgIpc) is 3.29. The van der Waals surface area contributed by atoms with Gasteiger partial charge in [0.25, 0.3) is 21.8 Å². The lowest BCUT2D eigenvalue weighted by molar-refractivity contribution is 0.100. The van der Waals surface area contributed by atoms with Crippen LogP contribution in [0.25, 0.3) is 0 Å². The molecule has 0 unspecified atom stereocenters. The number of ether oxygens (including phenoxy) is 1. The Morgan fingerprint density at radius 1 is 0.950 bits per heavy atom. The molecule has 8 nitrogen and oxygen atoms in total. The first-order valence-electron chi connectivity index (χ1n) is 12.2. The van der Waals surface area contributed by atoms with E-state index in [2.05, 4.69) is 10.0 Å². The fourth-order valence-electron chi connectivity index (χ4n) is 4.42.